The Kier molecular flexibility index (Phi) is 3.77. The van der Waals surface area contributed by atoms with Crippen LogP contribution in [0.5, 0.6) is 0 Å². The van der Waals surface area contributed by atoms with Crippen molar-refractivity contribution in [2.45, 2.75) is 19.8 Å². The van der Waals surface area contributed by atoms with Crippen LogP contribution >= 0.6 is 0 Å². The fourth-order valence-electron chi connectivity index (χ4n) is 1.26. The number of carbonyl (C=O) groups excluding carboxylic acids is 1. The second-order valence-electron chi connectivity index (χ2n) is 3.60. The maximum Gasteiger partial charge on any atom is 0.255 e. The Bertz CT molecular complexity index is 364. The molecule has 0 spiro atoms. The van der Waals surface area contributed by atoms with Gasteiger partial charge in [-0.1, -0.05) is 13.3 Å². The normalized spacial score (nSPS) is 10.1. The molecule has 0 unspecified atom stereocenters. The lowest BCUT2D eigenvalue weighted by Crippen LogP contribution is -2.22. The van der Waals surface area contributed by atoms with Gasteiger partial charge in [0.15, 0.2) is 0 Å². The molecule has 0 N–H and O–H groups in total. The fourth-order valence-corrected chi connectivity index (χ4v) is 1.26. The Hall–Kier alpha value is -1.45. The monoisotopic (exact) mass is 210 g/mol. The van der Waals surface area contributed by atoms with E-state index in [-0.39, 0.29) is 11.5 Å². The Morgan fingerprint density at radius 3 is 2.67 bits per heavy atom. The molecular weight excluding hydrogens is 195 g/mol. The number of hydrogen-bond acceptors (Lipinski definition) is 2. The maximum absolute atomic E-state index is 13.4. The number of aromatic nitrogens is 1. The molecule has 0 atom stereocenters. The van der Waals surface area contributed by atoms with E-state index in [9.17, 15) is 9.18 Å². The Balaban J connectivity index is 2.96. The van der Waals surface area contributed by atoms with Gasteiger partial charge >= 0.3 is 0 Å². The second-order valence-corrected chi connectivity index (χ2v) is 3.60. The number of carbonyl (C=O) groups is 1. The number of pyridine rings is 1. The molecule has 15 heavy (non-hydrogen) atoms. The van der Waals surface area contributed by atoms with Crippen molar-refractivity contribution < 1.29 is 9.18 Å². The summed E-state index contributed by atoms with van der Waals surface area (Å²) < 4.78 is 13.4. The zero-order valence-corrected chi connectivity index (χ0v) is 9.25. The van der Waals surface area contributed by atoms with E-state index in [1.165, 1.54) is 17.2 Å². The van der Waals surface area contributed by atoms with E-state index < -0.39 is 5.82 Å². The van der Waals surface area contributed by atoms with Crippen LogP contribution in [0.2, 0.25) is 0 Å². The van der Waals surface area contributed by atoms with E-state index in [1.807, 2.05) is 6.92 Å². The first kappa shape index (κ1) is 11.6. The minimum Gasteiger partial charge on any atom is -0.345 e. The lowest BCUT2D eigenvalue weighted by atomic mass is 10.2. The number of hydrogen-bond donors (Lipinski definition) is 0. The van der Waals surface area contributed by atoms with Gasteiger partial charge in [0.25, 0.3) is 5.91 Å². The number of aryl methyl sites for hydroxylation is 1. The van der Waals surface area contributed by atoms with Crippen molar-refractivity contribution in [1.82, 2.24) is 9.88 Å². The van der Waals surface area contributed by atoms with Crippen LogP contribution in [-0.2, 0) is 6.42 Å². The first-order valence-corrected chi connectivity index (χ1v) is 4.92. The highest BCUT2D eigenvalue weighted by molar-refractivity contribution is 5.93. The molecule has 0 aliphatic heterocycles. The van der Waals surface area contributed by atoms with Crippen LogP contribution in [0.4, 0.5) is 4.39 Å². The van der Waals surface area contributed by atoms with Gasteiger partial charge in [0.05, 0.1) is 11.3 Å². The van der Waals surface area contributed by atoms with Gasteiger partial charge in [-0.2, -0.15) is 0 Å². The number of rotatable bonds is 3. The predicted molar refractivity (Wildman–Crippen MR) is 56.2 cm³/mol. The SMILES string of the molecule is CCCc1ncc(C(=O)N(C)C)cc1F. The molecule has 0 aromatic carbocycles. The Morgan fingerprint density at radius 1 is 1.53 bits per heavy atom. The molecule has 0 aliphatic rings. The van der Waals surface area contributed by atoms with Crippen LogP contribution in [0, 0.1) is 5.82 Å². The van der Waals surface area contributed by atoms with Crippen molar-refractivity contribution in [3.63, 3.8) is 0 Å². The minimum absolute atomic E-state index is 0.232. The molecule has 3 nitrogen and oxygen atoms in total. The molecule has 1 aromatic heterocycles. The smallest absolute Gasteiger partial charge is 0.255 e. The third-order valence-electron chi connectivity index (χ3n) is 2.06. The molecular formula is C11H15FN2O. The Labute approximate surface area is 88.9 Å². The van der Waals surface area contributed by atoms with Gasteiger partial charge in [-0.3, -0.25) is 9.78 Å². The van der Waals surface area contributed by atoms with Crippen LogP contribution in [0.1, 0.15) is 29.4 Å². The molecule has 1 amide bonds. The van der Waals surface area contributed by atoms with Gasteiger partial charge in [0.1, 0.15) is 5.82 Å². The van der Waals surface area contributed by atoms with Crippen LogP contribution in [0.15, 0.2) is 12.3 Å². The maximum atomic E-state index is 13.4. The van der Waals surface area contributed by atoms with Crippen molar-refractivity contribution in [3.05, 3.63) is 29.3 Å². The zero-order valence-electron chi connectivity index (χ0n) is 9.25. The molecule has 1 heterocycles. The lowest BCUT2D eigenvalue weighted by molar-refractivity contribution is 0.0826. The van der Waals surface area contributed by atoms with Gasteiger partial charge in [-0.05, 0) is 12.5 Å². The predicted octanol–water partition coefficient (Wildman–Crippen LogP) is 1.88. The van der Waals surface area contributed by atoms with Gasteiger partial charge in [-0.25, -0.2) is 4.39 Å². The van der Waals surface area contributed by atoms with Gasteiger partial charge in [0.2, 0.25) is 0 Å². The summed E-state index contributed by atoms with van der Waals surface area (Å²) in [7, 11) is 3.25. The van der Waals surface area contributed by atoms with E-state index in [0.717, 1.165) is 6.42 Å². The molecule has 0 bridgehead atoms. The summed E-state index contributed by atoms with van der Waals surface area (Å²) >= 11 is 0. The quantitative estimate of drug-likeness (QED) is 0.763. The molecule has 82 valence electrons. The van der Waals surface area contributed by atoms with E-state index in [1.54, 1.807) is 14.1 Å². The highest BCUT2D eigenvalue weighted by Crippen LogP contribution is 2.10. The standard InChI is InChI=1S/C11H15FN2O/c1-4-5-10-9(12)6-8(7-13-10)11(15)14(2)3/h6-7H,4-5H2,1-3H3. The highest BCUT2D eigenvalue weighted by atomic mass is 19.1. The zero-order chi connectivity index (χ0) is 11.4. The summed E-state index contributed by atoms with van der Waals surface area (Å²) in [5.74, 6) is -0.631. The third kappa shape index (κ3) is 2.75. The van der Waals surface area contributed by atoms with E-state index in [0.29, 0.717) is 12.1 Å². The van der Waals surface area contributed by atoms with Gasteiger partial charge in [0, 0.05) is 20.3 Å². The first-order chi connectivity index (χ1) is 7.06. The van der Waals surface area contributed by atoms with Crippen molar-refractivity contribution in [1.29, 1.82) is 0 Å². The van der Waals surface area contributed by atoms with Crippen LogP contribution in [0.25, 0.3) is 0 Å². The summed E-state index contributed by atoms with van der Waals surface area (Å²) in [4.78, 5) is 16.8. The summed E-state index contributed by atoms with van der Waals surface area (Å²) in [6.45, 7) is 1.96. The number of nitrogens with zero attached hydrogens (tertiary/aromatic N) is 2. The second kappa shape index (κ2) is 4.87. The minimum atomic E-state index is -0.399. The average molecular weight is 210 g/mol. The molecule has 0 radical (unpaired) electrons. The largest absolute Gasteiger partial charge is 0.345 e. The summed E-state index contributed by atoms with van der Waals surface area (Å²) in [5.41, 5.74) is 0.713. The summed E-state index contributed by atoms with van der Waals surface area (Å²) in [6, 6.07) is 1.25. The van der Waals surface area contributed by atoms with E-state index in [2.05, 4.69) is 4.98 Å². The topological polar surface area (TPSA) is 33.2 Å². The van der Waals surface area contributed by atoms with Gasteiger partial charge in [-0.15, -0.1) is 0 Å². The van der Waals surface area contributed by atoms with Gasteiger partial charge < -0.3 is 4.90 Å². The fraction of sp³-hybridized carbons (Fsp3) is 0.455. The van der Waals surface area contributed by atoms with Crippen LogP contribution < -0.4 is 0 Å². The molecule has 0 saturated carbocycles. The number of halogens is 1. The highest BCUT2D eigenvalue weighted by Gasteiger charge is 2.11. The first-order valence-electron chi connectivity index (χ1n) is 4.92. The van der Waals surface area contributed by atoms with Crippen LogP contribution in [0.3, 0.4) is 0 Å². The Morgan fingerprint density at radius 2 is 2.20 bits per heavy atom. The summed E-state index contributed by atoms with van der Waals surface area (Å²) in [5, 5.41) is 0. The average Bonchev–Trinajstić information content (AvgIpc) is 2.20. The third-order valence-corrected chi connectivity index (χ3v) is 2.06. The van der Waals surface area contributed by atoms with Crippen LogP contribution in [-0.4, -0.2) is 29.9 Å². The molecule has 0 saturated heterocycles. The molecule has 4 heteroatoms. The molecule has 1 aromatic rings. The number of amides is 1. The molecule has 1 rings (SSSR count). The van der Waals surface area contributed by atoms with Crippen molar-refractivity contribution in [2.24, 2.45) is 0 Å². The lowest BCUT2D eigenvalue weighted by Gasteiger charge is -2.10. The van der Waals surface area contributed by atoms with Crippen molar-refractivity contribution in [3.8, 4) is 0 Å². The van der Waals surface area contributed by atoms with Crippen molar-refractivity contribution >= 4 is 5.91 Å². The van der Waals surface area contributed by atoms with Crippen molar-refractivity contribution in [2.75, 3.05) is 14.1 Å². The van der Waals surface area contributed by atoms with E-state index in [4.69, 9.17) is 0 Å². The summed E-state index contributed by atoms with van der Waals surface area (Å²) in [6.07, 6.45) is 2.86. The molecule has 0 fully saturated rings. The molecule has 0 aliphatic carbocycles. The van der Waals surface area contributed by atoms with E-state index >= 15 is 0 Å².